The lowest BCUT2D eigenvalue weighted by molar-refractivity contribution is -0.116. The summed E-state index contributed by atoms with van der Waals surface area (Å²) < 4.78 is 64.6. The van der Waals surface area contributed by atoms with Crippen molar-refractivity contribution >= 4 is 31.6 Å². The first-order valence-electron chi connectivity index (χ1n) is 10.3. The van der Waals surface area contributed by atoms with Crippen molar-refractivity contribution in [3.8, 4) is 5.75 Å². The van der Waals surface area contributed by atoms with Gasteiger partial charge in [0.1, 0.15) is 5.75 Å². The molecule has 0 saturated carbocycles. The fourth-order valence-electron chi connectivity index (χ4n) is 3.19. The van der Waals surface area contributed by atoms with Crippen LogP contribution >= 0.6 is 0 Å². The number of hydrogen-bond acceptors (Lipinski definition) is 7. The minimum absolute atomic E-state index is 0.0144. The summed E-state index contributed by atoms with van der Waals surface area (Å²) in [5, 5.41) is 2.60. The maximum Gasteiger partial charge on any atom is 0.243 e. The van der Waals surface area contributed by atoms with Crippen LogP contribution in [0.3, 0.4) is 0 Å². The van der Waals surface area contributed by atoms with Gasteiger partial charge in [-0.2, -0.15) is 4.31 Å². The third kappa shape index (κ3) is 6.30. The molecule has 33 heavy (non-hydrogen) atoms. The van der Waals surface area contributed by atoms with Crippen LogP contribution in [0.2, 0.25) is 0 Å². The Morgan fingerprint density at radius 2 is 1.67 bits per heavy atom. The monoisotopic (exact) mass is 497 g/mol. The van der Waals surface area contributed by atoms with Crippen molar-refractivity contribution in [2.45, 2.75) is 23.1 Å². The molecule has 1 aliphatic rings. The first-order chi connectivity index (χ1) is 15.6. The number of aryl methyl sites for hydroxylation is 1. The van der Waals surface area contributed by atoms with E-state index >= 15 is 0 Å². The van der Waals surface area contributed by atoms with Crippen LogP contribution < -0.4 is 14.8 Å². The van der Waals surface area contributed by atoms with Crippen molar-refractivity contribution in [1.82, 2.24) is 9.03 Å². The zero-order chi connectivity index (χ0) is 24.1. The number of nitrogens with one attached hydrogen (secondary N) is 2. The predicted molar refractivity (Wildman–Crippen MR) is 122 cm³/mol. The molecule has 0 atom stereocenters. The smallest absolute Gasteiger partial charge is 0.243 e. The number of ether oxygens (including phenoxy) is 2. The maximum absolute atomic E-state index is 12.9. The van der Waals surface area contributed by atoms with E-state index in [1.165, 1.54) is 41.7 Å². The van der Waals surface area contributed by atoms with Gasteiger partial charge in [0.05, 0.1) is 35.8 Å². The Labute approximate surface area is 194 Å². The molecule has 0 radical (unpaired) electrons. The number of benzene rings is 2. The van der Waals surface area contributed by atoms with Crippen molar-refractivity contribution in [2.24, 2.45) is 0 Å². The van der Waals surface area contributed by atoms with Gasteiger partial charge in [0.25, 0.3) is 0 Å². The Balaban J connectivity index is 1.66. The molecular weight excluding hydrogens is 470 g/mol. The molecule has 0 aliphatic carbocycles. The van der Waals surface area contributed by atoms with Crippen LogP contribution in [0.15, 0.2) is 52.3 Å². The Kier molecular flexibility index (Phi) is 8.08. The molecule has 2 N–H and O–H groups in total. The van der Waals surface area contributed by atoms with Gasteiger partial charge in [0.15, 0.2) is 0 Å². The molecule has 0 bridgehead atoms. The molecule has 0 spiro atoms. The number of nitrogens with zero attached hydrogens (tertiary/aromatic N) is 1. The van der Waals surface area contributed by atoms with Gasteiger partial charge in [0, 0.05) is 26.1 Å². The summed E-state index contributed by atoms with van der Waals surface area (Å²) in [5.74, 6) is -0.217. The number of morpholine rings is 1. The number of amides is 1. The highest BCUT2D eigenvalue weighted by molar-refractivity contribution is 7.89. The lowest BCUT2D eigenvalue weighted by atomic mass is 10.2. The zero-order valence-corrected chi connectivity index (χ0v) is 20.0. The Morgan fingerprint density at radius 1 is 1.03 bits per heavy atom. The molecule has 12 heteroatoms. The quantitative estimate of drug-likeness (QED) is 0.534. The van der Waals surface area contributed by atoms with Gasteiger partial charge in [-0.15, -0.1) is 0 Å². The summed E-state index contributed by atoms with van der Waals surface area (Å²) in [6, 6.07) is 10.6. The fourth-order valence-corrected chi connectivity index (χ4v) is 5.66. The number of sulfonamides is 2. The summed E-state index contributed by atoms with van der Waals surface area (Å²) in [7, 11) is -6.11. The van der Waals surface area contributed by atoms with Crippen molar-refractivity contribution in [1.29, 1.82) is 0 Å². The lowest BCUT2D eigenvalue weighted by Crippen LogP contribution is -2.40. The van der Waals surface area contributed by atoms with Crippen LogP contribution in [-0.4, -0.2) is 67.0 Å². The van der Waals surface area contributed by atoms with Crippen LogP contribution in [0.5, 0.6) is 5.75 Å². The van der Waals surface area contributed by atoms with Gasteiger partial charge in [0.2, 0.25) is 26.0 Å². The number of rotatable bonds is 9. The highest BCUT2D eigenvalue weighted by atomic mass is 32.2. The summed E-state index contributed by atoms with van der Waals surface area (Å²) >= 11 is 0. The minimum atomic E-state index is -3.76. The van der Waals surface area contributed by atoms with E-state index < -0.39 is 26.0 Å². The van der Waals surface area contributed by atoms with Gasteiger partial charge in [-0.1, -0.05) is 17.7 Å². The van der Waals surface area contributed by atoms with Crippen LogP contribution in [0, 0.1) is 6.92 Å². The predicted octanol–water partition coefficient (Wildman–Crippen LogP) is 1.33. The second-order valence-corrected chi connectivity index (χ2v) is 11.1. The van der Waals surface area contributed by atoms with Gasteiger partial charge in [-0.25, -0.2) is 21.6 Å². The highest BCUT2D eigenvalue weighted by Gasteiger charge is 2.27. The van der Waals surface area contributed by atoms with E-state index in [2.05, 4.69) is 10.0 Å². The topological polar surface area (TPSA) is 131 Å². The molecule has 10 nitrogen and oxygen atoms in total. The molecular formula is C21H27N3O7S2. The summed E-state index contributed by atoms with van der Waals surface area (Å²) in [6.07, 6.45) is -0.158. The third-order valence-corrected chi connectivity index (χ3v) is 8.40. The van der Waals surface area contributed by atoms with Gasteiger partial charge in [-0.3, -0.25) is 4.79 Å². The summed E-state index contributed by atoms with van der Waals surface area (Å²) in [5.41, 5.74) is 1.11. The van der Waals surface area contributed by atoms with E-state index in [4.69, 9.17) is 9.47 Å². The molecule has 1 saturated heterocycles. The average Bonchev–Trinajstić information content (AvgIpc) is 2.79. The summed E-state index contributed by atoms with van der Waals surface area (Å²) in [4.78, 5) is 12.6. The van der Waals surface area contributed by atoms with Crippen LogP contribution in [0.25, 0.3) is 0 Å². The molecule has 1 fully saturated rings. The highest BCUT2D eigenvalue weighted by Crippen LogP contribution is 2.29. The molecule has 0 aromatic heterocycles. The van der Waals surface area contributed by atoms with Crippen LogP contribution in [-0.2, 0) is 29.6 Å². The first kappa shape index (κ1) is 25.1. The zero-order valence-electron chi connectivity index (χ0n) is 18.4. The first-order valence-corrected chi connectivity index (χ1v) is 13.2. The van der Waals surface area contributed by atoms with E-state index in [1.807, 2.05) is 6.92 Å². The lowest BCUT2D eigenvalue weighted by Gasteiger charge is -2.26. The fraction of sp³-hybridized carbons (Fsp3) is 0.381. The van der Waals surface area contributed by atoms with E-state index in [0.717, 1.165) is 5.56 Å². The summed E-state index contributed by atoms with van der Waals surface area (Å²) in [6.45, 7) is 2.85. The number of methoxy groups -OCH3 is 1. The largest absolute Gasteiger partial charge is 0.495 e. The number of carbonyl (C=O) groups is 1. The van der Waals surface area contributed by atoms with Crippen molar-refractivity contribution in [3.63, 3.8) is 0 Å². The van der Waals surface area contributed by atoms with Gasteiger partial charge < -0.3 is 14.8 Å². The number of anilines is 1. The molecule has 2 aromatic carbocycles. The van der Waals surface area contributed by atoms with Crippen molar-refractivity contribution < 1.29 is 31.1 Å². The minimum Gasteiger partial charge on any atom is -0.495 e. The third-order valence-electron chi connectivity index (χ3n) is 5.03. The second-order valence-electron chi connectivity index (χ2n) is 7.39. The van der Waals surface area contributed by atoms with Gasteiger partial charge >= 0.3 is 0 Å². The molecule has 1 heterocycles. The van der Waals surface area contributed by atoms with Crippen molar-refractivity contribution in [2.75, 3.05) is 45.3 Å². The van der Waals surface area contributed by atoms with Gasteiger partial charge in [-0.05, 0) is 37.3 Å². The SMILES string of the molecule is COc1ccc(S(=O)(=O)N2CCOCC2)cc1NC(=O)CCNS(=O)(=O)c1ccc(C)cc1. The van der Waals surface area contributed by atoms with Crippen molar-refractivity contribution in [3.05, 3.63) is 48.0 Å². The van der Waals surface area contributed by atoms with E-state index in [-0.39, 0.29) is 47.3 Å². The molecule has 1 aliphatic heterocycles. The number of carbonyl (C=O) groups excluding carboxylic acids is 1. The van der Waals surface area contributed by atoms with Crippen LogP contribution in [0.1, 0.15) is 12.0 Å². The molecule has 2 aromatic rings. The second kappa shape index (κ2) is 10.6. The molecule has 1 amide bonds. The maximum atomic E-state index is 12.9. The normalized spacial score (nSPS) is 15.2. The van der Waals surface area contributed by atoms with E-state index in [0.29, 0.717) is 13.2 Å². The van der Waals surface area contributed by atoms with Crippen LogP contribution in [0.4, 0.5) is 5.69 Å². The van der Waals surface area contributed by atoms with E-state index in [1.54, 1.807) is 12.1 Å². The Morgan fingerprint density at radius 3 is 2.30 bits per heavy atom. The molecule has 180 valence electrons. The number of hydrogen-bond donors (Lipinski definition) is 2. The Bertz CT molecular complexity index is 1190. The molecule has 3 rings (SSSR count). The molecule has 0 unspecified atom stereocenters. The Hall–Kier alpha value is -2.51. The standard InChI is InChI=1S/C21H27N3O7S2/c1-16-3-5-17(6-4-16)32(26,27)22-10-9-21(25)23-19-15-18(7-8-20(19)30-2)33(28,29)24-11-13-31-14-12-24/h3-8,15,22H,9-14H2,1-2H3,(H,23,25). The van der Waals surface area contributed by atoms with E-state index in [9.17, 15) is 21.6 Å². The average molecular weight is 498 g/mol.